The van der Waals surface area contributed by atoms with Crippen molar-refractivity contribution in [3.05, 3.63) is 0 Å². The molecule has 2 fully saturated rings. The first-order valence-electron chi connectivity index (χ1n) is 8.04. The van der Waals surface area contributed by atoms with Crippen molar-refractivity contribution in [2.75, 3.05) is 39.8 Å². The van der Waals surface area contributed by atoms with Gasteiger partial charge in [-0.15, -0.1) is 0 Å². The van der Waals surface area contributed by atoms with Crippen LogP contribution in [0.3, 0.4) is 0 Å². The quantitative estimate of drug-likeness (QED) is 0.758. The smallest absolute Gasteiger partial charge is 0.00106 e. The summed E-state index contributed by atoms with van der Waals surface area (Å²) in [6, 6.07) is 0. The zero-order valence-corrected chi connectivity index (χ0v) is 12.7. The van der Waals surface area contributed by atoms with E-state index < -0.39 is 0 Å². The fourth-order valence-corrected chi connectivity index (χ4v) is 3.68. The summed E-state index contributed by atoms with van der Waals surface area (Å²) in [5, 5.41) is 0. The summed E-state index contributed by atoms with van der Waals surface area (Å²) >= 11 is 0. The second-order valence-corrected chi connectivity index (χ2v) is 7.12. The van der Waals surface area contributed by atoms with Gasteiger partial charge in [-0.2, -0.15) is 0 Å². The zero-order chi connectivity index (χ0) is 13.0. The molecule has 0 saturated carbocycles. The van der Waals surface area contributed by atoms with Crippen LogP contribution in [0.2, 0.25) is 0 Å². The van der Waals surface area contributed by atoms with Crippen molar-refractivity contribution >= 4 is 0 Å². The Balaban J connectivity index is 1.64. The summed E-state index contributed by atoms with van der Waals surface area (Å²) in [6.07, 6.45) is 7.18. The number of nitrogens with zero attached hydrogens (tertiary/aromatic N) is 2. The minimum absolute atomic E-state index is 0.885. The van der Waals surface area contributed by atoms with Gasteiger partial charge in [0.15, 0.2) is 0 Å². The first kappa shape index (κ1) is 14.3. The van der Waals surface area contributed by atoms with E-state index in [-0.39, 0.29) is 0 Å². The van der Waals surface area contributed by atoms with E-state index in [0.717, 1.165) is 17.8 Å². The van der Waals surface area contributed by atoms with E-state index in [9.17, 15) is 0 Å². The van der Waals surface area contributed by atoms with Gasteiger partial charge in [0, 0.05) is 6.54 Å². The number of rotatable bonds is 4. The third-order valence-electron chi connectivity index (χ3n) is 4.87. The van der Waals surface area contributed by atoms with Crippen molar-refractivity contribution in [2.45, 2.75) is 46.0 Å². The van der Waals surface area contributed by atoms with Crippen LogP contribution in [0.15, 0.2) is 0 Å². The maximum absolute atomic E-state index is 2.74. The Labute approximate surface area is 114 Å². The molecule has 0 radical (unpaired) electrons. The number of hydrogen-bond acceptors (Lipinski definition) is 2. The molecule has 0 aromatic carbocycles. The van der Waals surface area contributed by atoms with Gasteiger partial charge in [-0.1, -0.05) is 13.8 Å². The SMILES string of the molecule is CC(C)CC1CCN(CC2CCN(C)CC2)CC1. The van der Waals surface area contributed by atoms with Crippen LogP contribution in [0.5, 0.6) is 0 Å². The van der Waals surface area contributed by atoms with E-state index in [1.54, 1.807) is 0 Å². The Bertz CT molecular complexity index is 223. The Morgan fingerprint density at radius 1 is 0.889 bits per heavy atom. The Morgan fingerprint density at radius 3 is 2.00 bits per heavy atom. The van der Waals surface area contributed by atoms with E-state index in [1.165, 1.54) is 64.8 Å². The average molecular weight is 252 g/mol. The van der Waals surface area contributed by atoms with Gasteiger partial charge in [0.1, 0.15) is 0 Å². The van der Waals surface area contributed by atoms with Crippen molar-refractivity contribution < 1.29 is 0 Å². The maximum atomic E-state index is 2.74. The molecule has 2 saturated heterocycles. The van der Waals surface area contributed by atoms with Crippen LogP contribution < -0.4 is 0 Å². The molecule has 0 spiro atoms. The summed E-state index contributed by atoms with van der Waals surface area (Å²) in [4.78, 5) is 5.22. The molecule has 2 heteroatoms. The molecule has 18 heavy (non-hydrogen) atoms. The first-order valence-corrected chi connectivity index (χ1v) is 8.04. The molecular formula is C16H32N2. The molecule has 0 atom stereocenters. The highest BCUT2D eigenvalue weighted by molar-refractivity contribution is 4.78. The minimum Gasteiger partial charge on any atom is -0.306 e. The van der Waals surface area contributed by atoms with E-state index in [1.807, 2.05) is 0 Å². The second kappa shape index (κ2) is 6.91. The standard InChI is InChI=1S/C16H32N2/c1-14(2)12-15-6-10-18(11-7-15)13-16-4-8-17(3)9-5-16/h14-16H,4-13H2,1-3H3. The van der Waals surface area contributed by atoms with Crippen LogP contribution in [-0.4, -0.2) is 49.6 Å². The predicted molar refractivity (Wildman–Crippen MR) is 78.8 cm³/mol. The summed E-state index contributed by atoms with van der Waals surface area (Å²) < 4.78 is 0. The summed E-state index contributed by atoms with van der Waals surface area (Å²) in [5.74, 6) is 2.87. The molecule has 2 aliphatic heterocycles. The van der Waals surface area contributed by atoms with Gasteiger partial charge in [-0.25, -0.2) is 0 Å². The lowest BCUT2D eigenvalue weighted by Crippen LogP contribution is -2.40. The fourth-order valence-electron chi connectivity index (χ4n) is 3.68. The van der Waals surface area contributed by atoms with Gasteiger partial charge in [0.25, 0.3) is 0 Å². The molecule has 2 aliphatic rings. The summed E-state index contributed by atoms with van der Waals surface area (Å²) in [7, 11) is 2.26. The van der Waals surface area contributed by atoms with Crippen LogP contribution in [0.1, 0.15) is 46.0 Å². The lowest BCUT2D eigenvalue weighted by atomic mass is 9.88. The molecule has 2 rings (SSSR count). The summed E-state index contributed by atoms with van der Waals surface area (Å²) in [5.41, 5.74) is 0. The van der Waals surface area contributed by atoms with Crippen LogP contribution in [0, 0.1) is 17.8 Å². The molecule has 0 aliphatic carbocycles. The minimum atomic E-state index is 0.885. The van der Waals surface area contributed by atoms with Crippen molar-refractivity contribution in [3.8, 4) is 0 Å². The van der Waals surface area contributed by atoms with Crippen LogP contribution in [0.25, 0.3) is 0 Å². The zero-order valence-electron chi connectivity index (χ0n) is 12.7. The Morgan fingerprint density at radius 2 is 1.44 bits per heavy atom. The van der Waals surface area contributed by atoms with Crippen molar-refractivity contribution in [1.82, 2.24) is 9.80 Å². The van der Waals surface area contributed by atoms with Crippen LogP contribution in [-0.2, 0) is 0 Å². The average Bonchev–Trinajstić information content (AvgIpc) is 2.34. The van der Waals surface area contributed by atoms with Crippen molar-refractivity contribution in [3.63, 3.8) is 0 Å². The van der Waals surface area contributed by atoms with E-state index in [4.69, 9.17) is 0 Å². The molecule has 0 aromatic rings. The highest BCUT2D eigenvalue weighted by Crippen LogP contribution is 2.26. The molecular weight excluding hydrogens is 220 g/mol. The number of piperidine rings is 2. The van der Waals surface area contributed by atoms with E-state index in [2.05, 4.69) is 30.7 Å². The topological polar surface area (TPSA) is 6.48 Å². The fraction of sp³-hybridized carbons (Fsp3) is 1.00. The van der Waals surface area contributed by atoms with Gasteiger partial charge in [0.05, 0.1) is 0 Å². The highest BCUT2D eigenvalue weighted by atomic mass is 15.1. The molecule has 2 nitrogen and oxygen atoms in total. The Kier molecular flexibility index (Phi) is 5.50. The highest BCUT2D eigenvalue weighted by Gasteiger charge is 2.23. The van der Waals surface area contributed by atoms with Crippen LogP contribution in [0.4, 0.5) is 0 Å². The monoisotopic (exact) mass is 252 g/mol. The van der Waals surface area contributed by atoms with Crippen LogP contribution >= 0.6 is 0 Å². The molecule has 2 heterocycles. The predicted octanol–water partition coefficient (Wildman–Crippen LogP) is 3.09. The molecule has 0 unspecified atom stereocenters. The van der Waals surface area contributed by atoms with Gasteiger partial charge >= 0.3 is 0 Å². The summed E-state index contributed by atoms with van der Waals surface area (Å²) in [6.45, 7) is 11.5. The third-order valence-corrected chi connectivity index (χ3v) is 4.87. The third kappa shape index (κ3) is 4.55. The molecule has 0 bridgehead atoms. The van der Waals surface area contributed by atoms with Gasteiger partial charge in [-0.3, -0.25) is 0 Å². The number of likely N-dealkylation sites (tertiary alicyclic amines) is 2. The molecule has 0 N–H and O–H groups in total. The van der Waals surface area contributed by atoms with Gasteiger partial charge in [-0.05, 0) is 83.1 Å². The maximum Gasteiger partial charge on any atom is 0.00106 e. The largest absolute Gasteiger partial charge is 0.306 e. The van der Waals surface area contributed by atoms with Crippen molar-refractivity contribution in [2.24, 2.45) is 17.8 Å². The normalized spacial score (nSPS) is 26.0. The molecule has 106 valence electrons. The van der Waals surface area contributed by atoms with E-state index in [0.29, 0.717) is 0 Å². The molecule has 0 aromatic heterocycles. The molecule has 0 amide bonds. The second-order valence-electron chi connectivity index (χ2n) is 7.12. The van der Waals surface area contributed by atoms with Gasteiger partial charge < -0.3 is 9.80 Å². The van der Waals surface area contributed by atoms with Gasteiger partial charge in [0.2, 0.25) is 0 Å². The number of hydrogen-bond donors (Lipinski definition) is 0. The lowest BCUT2D eigenvalue weighted by Gasteiger charge is -2.37. The first-order chi connectivity index (χ1) is 8.63. The van der Waals surface area contributed by atoms with Crippen molar-refractivity contribution in [1.29, 1.82) is 0 Å². The Hall–Kier alpha value is -0.0800. The van der Waals surface area contributed by atoms with E-state index >= 15 is 0 Å². The lowest BCUT2D eigenvalue weighted by molar-refractivity contribution is 0.121.